The summed E-state index contributed by atoms with van der Waals surface area (Å²) in [5, 5.41) is 12.4. The van der Waals surface area contributed by atoms with Gasteiger partial charge in [-0.2, -0.15) is 0 Å². The second kappa shape index (κ2) is 2.62. The van der Waals surface area contributed by atoms with E-state index >= 15 is 0 Å². The number of aliphatic carboxylic acids is 1. The van der Waals surface area contributed by atoms with Gasteiger partial charge in [0.15, 0.2) is 0 Å². The number of nitrogens with zero attached hydrogens (tertiary/aromatic N) is 1. The lowest BCUT2D eigenvalue weighted by molar-refractivity contribution is -0.137. The van der Waals surface area contributed by atoms with Gasteiger partial charge in [-0.3, -0.25) is 4.79 Å². The van der Waals surface area contributed by atoms with Gasteiger partial charge in [0.25, 0.3) is 0 Å². The molecule has 1 aliphatic rings. The maximum Gasteiger partial charge on any atom is 0.304 e. The van der Waals surface area contributed by atoms with Crippen LogP contribution in [0, 0.1) is 0 Å². The van der Waals surface area contributed by atoms with Crippen molar-refractivity contribution >= 4 is 5.97 Å². The first-order valence-corrected chi connectivity index (χ1v) is 3.92. The van der Waals surface area contributed by atoms with Gasteiger partial charge in [0, 0.05) is 11.5 Å². The lowest BCUT2D eigenvalue weighted by Gasteiger charge is -2.02. The molecule has 1 aromatic rings. The molecule has 0 spiro atoms. The quantitative estimate of drug-likeness (QED) is 0.718. The van der Waals surface area contributed by atoms with Crippen molar-refractivity contribution in [1.82, 2.24) is 5.16 Å². The van der Waals surface area contributed by atoms with Gasteiger partial charge in [-0.15, -0.1) is 0 Å². The third-order valence-corrected chi connectivity index (χ3v) is 2.24. The summed E-state index contributed by atoms with van der Waals surface area (Å²) in [5.41, 5.74) is 1.92. The van der Waals surface area contributed by atoms with E-state index in [2.05, 4.69) is 5.16 Å². The van der Waals surface area contributed by atoms with Crippen molar-refractivity contribution in [2.75, 3.05) is 0 Å². The zero-order valence-corrected chi connectivity index (χ0v) is 6.49. The molecular weight excluding hydrogens is 158 g/mol. The van der Waals surface area contributed by atoms with Gasteiger partial charge in [0.2, 0.25) is 0 Å². The third kappa shape index (κ3) is 1.09. The van der Waals surface area contributed by atoms with Gasteiger partial charge in [-0.25, -0.2) is 0 Å². The zero-order valence-electron chi connectivity index (χ0n) is 6.49. The van der Waals surface area contributed by atoms with Crippen LogP contribution in [0.5, 0.6) is 0 Å². The van der Waals surface area contributed by atoms with Crippen LogP contribution in [0.1, 0.15) is 30.0 Å². The molecule has 4 nitrogen and oxygen atoms in total. The summed E-state index contributed by atoms with van der Waals surface area (Å²) in [6, 6.07) is 0. The number of carboxylic acids is 1. The van der Waals surface area contributed by atoms with Gasteiger partial charge < -0.3 is 9.63 Å². The molecule has 1 N–H and O–H groups in total. The number of hydrogen-bond acceptors (Lipinski definition) is 3. The van der Waals surface area contributed by atoms with Crippen molar-refractivity contribution in [1.29, 1.82) is 0 Å². The zero-order chi connectivity index (χ0) is 8.55. The molecule has 4 heteroatoms. The average molecular weight is 167 g/mol. The lowest BCUT2D eigenvalue weighted by Crippen LogP contribution is -2.03. The molecule has 0 aliphatic heterocycles. The van der Waals surface area contributed by atoms with Gasteiger partial charge >= 0.3 is 5.97 Å². The Labute approximate surface area is 69.2 Å². The van der Waals surface area contributed by atoms with E-state index < -0.39 is 5.97 Å². The minimum Gasteiger partial charge on any atom is -0.481 e. The molecular formula is C8H9NO3. The van der Waals surface area contributed by atoms with E-state index in [0.29, 0.717) is 0 Å². The summed E-state index contributed by atoms with van der Waals surface area (Å²) in [5.74, 6) is -0.702. The Morgan fingerprint density at radius 3 is 3.42 bits per heavy atom. The van der Waals surface area contributed by atoms with Crippen molar-refractivity contribution in [3.63, 3.8) is 0 Å². The molecule has 1 aromatic heterocycles. The van der Waals surface area contributed by atoms with Crippen LogP contribution >= 0.6 is 0 Å². The van der Waals surface area contributed by atoms with E-state index in [9.17, 15) is 4.79 Å². The summed E-state index contributed by atoms with van der Waals surface area (Å²) in [6.07, 6.45) is 3.56. The highest BCUT2D eigenvalue weighted by Crippen LogP contribution is 2.33. The first kappa shape index (κ1) is 7.34. The maximum atomic E-state index is 10.4. The van der Waals surface area contributed by atoms with E-state index in [-0.39, 0.29) is 12.3 Å². The summed E-state index contributed by atoms with van der Waals surface area (Å²) in [4.78, 5) is 10.4. The number of aryl methyl sites for hydroxylation is 1. The van der Waals surface area contributed by atoms with Gasteiger partial charge in [0.05, 0.1) is 12.1 Å². The Balaban J connectivity index is 2.17. The van der Waals surface area contributed by atoms with E-state index in [0.717, 1.165) is 24.1 Å². The largest absolute Gasteiger partial charge is 0.481 e. The summed E-state index contributed by atoms with van der Waals surface area (Å²) in [7, 11) is 0. The highest BCUT2D eigenvalue weighted by molar-refractivity contribution is 5.68. The van der Waals surface area contributed by atoms with Crippen LogP contribution in [0.4, 0.5) is 0 Å². The number of hydrogen-bond donors (Lipinski definition) is 1. The third-order valence-electron chi connectivity index (χ3n) is 2.24. The Kier molecular flexibility index (Phi) is 1.60. The summed E-state index contributed by atoms with van der Waals surface area (Å²) < 4.78 is 4.76. The van der Waals surface area contributed by atoms with Crippen molar-refractivity contribution in [3.8, 4) is 0 Å². The minimum absolute atomic E-state index is 0.0660. The number of fused-ring (bicyclic) bond motifs is 1. The molecule has 0 fully saturated rings. The fourth-order valence-electron chi connectivity index (χ4n) is 1.67. The second-order valence-corrected chi connectivity index (χ2v) is 3.06. The van der Waals surface area contributed by atoms with Crippen LogP contribution in [-0.4, -0.2) is 16.2 Å². The molecule has 64 valence electrons. The predicted molar refractivity (Wildman–Crippen MR) is 39.8 cm³/mol. The fraction of sp³-hybridized carbons (Fsp3) is 0.500. The van der Waals surface area contributed by atoms with Crippen LogP contribution in [0.3, 0.4) is 0 Å². The van der Waals surface area contributed by atoms with Gasteiger partial charge in [-0.05, 0) is 12.8 Å². The fourth-order valence-corrected chi connectivity index (χ4v) is 1.67. The SMILES string of the molecule is O=C(O)CC1CCc2conc21. The van der Waals surface area contributed by atoms with E-state index in [1.54, 1.807) is 6.26 Å². The average Bonchev–Trinajstić information content (AvgIpc) is 2.52. The van der Waals surface area contributed by atoms with Gasteiger partial charge in [-0.1, -0.05) is 5.16 Å². The molecule has 0 amide bonds. The van der Waals surface area contributed by atoms with E-state index in [4.69, 9.17) is 9.63 Å². The molecule has 0 radical (unpaired) electrons. The lowest BCUT2D eigenvalue weighted by atomic mass is 10.0. The molecule has 1 atom stereocenters. The molecule has 0 saturated heterocycles. The highest BCUT2D eigenvalue weighted by atomic mass is 16.5. The smallest absolute Gasteiger partial charge is 0.304 e. The standard InChI is InChI=1S/C8H9NO3/c10-7(11)3-5-1-2-6-4-12-9-8(5)6/h4-5H,1-3H2,(H,10,11). The molecule has 1 heterocycles. The van der Waals surface area contributed by atoms with Gasteiger partial charge in [0.1, 0.15) is 6.26 Å². The van der Waals surface area contributed by atoms with Crippen LogP contribution < -0.4 is 0 Å². The Morgan fingerprint density at radius 2 is 2.67 bits per heavy atom. The van der Waals surface area contributed by atoms with E-state index in [1.165, 1.54) is 0 Å². The van der Waals surface area contributed by atoms with Crippen molar-refractivity contribution in [2.24, 2.45) is 0 Å². The topological polar surface area (TPSA) is 63.3 Å². The molecule has 0 saturated carbocycles. The van der Waals surface area contributed by atoms with Crippen molar-refractivity contribution < 1.29 is 14.4 Å². The van der Waals surface area contributed by atoms with Crippen LogP contribution in [-0.2, 0) is 11.2 Å². The monoisotopic (exact) mass is 167 g/mol. The van der Waals surface area contributed by atoms with Crippen LogP contribution in [0.15, 0.2) is 10.8 Å². The molecule has 1 aliphatic carbocycles. The highest BCUT2D eigenvalue weighted by Gasteiger charge is 2.27. The predicted octanol–water partition coefficient (Wildman–Crippen LogP) is 1.18. The molecule has 0 bridgehead atoms. The van der Waals surface area contributed by atoms with Crippen molar-refractivity contribution in [2.45, 2.75) is 25.2 Å². The van der Waals surface area contributed by atoms with Crippen LogP contribution in [0.25, 0.3) is 0 Å². The number of carboxylic acid groups (broad SMARTS) is 1. The minimum atomic E-state index is -0.768. The number of aromatic nitrogens is 1. The summed E-state index contributed by atoms with van der Waals surface area (Å²) >= 11 is 0. The second-order valence-electron chi connectivity index (χ2n) is 3.06. The summed E-state index contributed by atoms with van der Waals surface area (Å²) in [6.45, 7) is 0. The van der Waals surface area contributed by atoms with E-state index in [1.807, 2.05) is 0 Å². The Hall–Kier alpha value is -1.32. The molecule has 1 unspecified atom stereocenters. The Morgan fingerprint density at radius 1 is 1.83 bits per heavy atom. The first-order valence-electron chi connectivity index (χ1n) is 3.92. The van der Waals surface area contributed by atoms with Crippen LogP contribution in [0.2, 0.25) is 0 Å². The van der Waals surface area contributed by atoms with Crippen molar-refractivity contribution in [3.05, 3.63) is 17.5 Å². The maximum absolute atomic E-state index is 10.4. The normalized spacial score (nSPS) is 20.8. The Bertz CT molecular complexity index is 305. The number of carbonyl (C=O) groups is 1. The molecule has 2 rings (SSSR count). The number of rotatable bonds is 2. The first-order chi connectivity index (χ1) is 5.77. The molecule has 0 aromatic carbocycles. The molecule has 12 heavy (non-hydrogen) atoms.